The molecule has 110 valence electrons. The lowest BCUT2D eigenvalue weighted by Crippen LogP contribution is -2.50. The molecular formula is C15H23ClN4. The number of likely N-dealkylation sites (tertiary alicyclic amines) is 1. The molecule has 0 aromatic carbocycles. The lowest BCUT2D eigenvalue weighted by atomic mass is 9.74. The molecule has 2 aliphatic heterocycles. The van der Waals surface area contributed by atoms with Crippen molar-refractivity contribution in [3.05, 3.63) is 22.7 Å². The number of halogens is 1. The van der Waals surface area contributed by atoms with Crippen molar-refractivity contribution in [3.8, 4) is 0 Å². The van der Waals surface area contributed by atoms with Gasteiger partial charge in [0.25, 0.3) is 0 Å². The molecule has 1 aromatic heterocycles. The second-order valence-electron chi connectivity index (χ2n) is 6.34. The summed E-state index contributed by atoms with van der Waals surface area (Å²) in [6.07, 6.45) is 5.29. The first-order valence-corrected chi connectivity index (χ1v) is 7.96. The maximum atomic E-state index is 6.03. The summed E-state index contributed by atoms with van der Waals surface area (Å²) in [5.41, 5.74) is 1.43. The largest absolute Gasteiger partial charge is 0.316 e. The number of hydrogen-bond acceptors (Lipinski definition) is 4. The molecule has 1 N–H and O–H groups in total. The zero-order valence-electron chi connectivity index (χ0n) is 12.2. The van der Waals surface area contributed by atoms with Crippen LogP contribution < -0.4 is 5.32 Å². The third-order valence-corrected chi connectivity index (χ3v) is 4.73. The van der Waals surface area contributed by atoms with E-state index in [0.29, 0.717) is 10.6 Å². The Morgan fingerprint density at radius 1 is 1.35 bits per heavy atom. The predicted octanol–water partition coefficient (Wildman–Crippen LogP) is 2.40. The van der Waals surface area contributed by atoms with Crippen LogP contribution in [0.3, 0.4) is 0 Å². The van der Waals surface area contributed by atoms with Crippen molar-refractivity contribution in [2.45, 2.75) is 39.2 Å². The van der Waals surface area contributed by atoms with E-state index >= 15 is 0 Å². The standard InChI is InChI=1S/C15H23ClN4/c1-12-8-13(16)19-14(18-12)9-20-7-3-5-15(11-20)4-2-6-17-10-15/h8,17H,2-7,9-11H2,1H3. The van der Waals surface area contributed by atoms with E-state index in [1.165, 1.54) is 38.8 Å². The summed E-state index contributed by atoms with van der Waals surface area (Å²) < 4.78 is 0. The van der Waals surface area contributed by atoms with Crippen LogP contribution in [0, 0.1) is 12.3 Å². The summed E-state index contributed by atoms with van der Waals surface area (Å²) >= 11 is 6.03. The lowest BCUT2D eigenvalue weighted by molar-refractivity contribution is 0.0585. The Hall–Kier alpha value is -0.710. The number of aromatic nitrogens is 2. The Labute approximate surface area is 125 Å². The summed E-state index contributed by atoms with van der Waals surface area (Å²) in [5, 5.41) is 4.12. The van der Waals surface area contributed by atoms with Gasteiger partial charge >= 0.3 is 0 Å². The van der Waals surface area contributed by atoms with Gasteiger partial charge in [-0.15, -0.1) is 0 Å². The van der Waals surface area contributed by atoms with Crippen LogP contribution in [0.4, 0.5) is 0 Å². The molecule has 0 radical (unpaired) electrons. The van der Waals surface area contributed by atoms with E-state index in [1.54, 1.807) is 0 Å². The summed E-state index contributed by atoms with van der Waals surface area (Å²) in [5.74, 6) is 0.857. The van der Waals surface area contributed by atoms with Crippen molar-refractivity contribution in [1.29, 1.82) is 0 Å². The third kappa shape index (κ3) is 3.30. The fraction of sp³-hybridized carbons (Fsp3) is 0.733. The van der Waals surface area contributed by atoms with E-state index in [9.17, 15) is 0 Å². The predicted molar refractivity (Wildman–Crippen MR) is 80.8 cm³/mol. The summed E-state index contributed by atoms with van der Waals surface area (Å²) in [7, 11) is 0. The van der Waals surface area contributed by atoms with Crippen molar-refractivity contribution in [2.24, 2.45) is 5.41 Å². The quantitative estimate of drug-likeness (QED) is 0.851. The summed E-state index contributed by atoms with van der Waals surface area (Å²) in [4.78, 5) is 11.4. The summed E-state index contributed by atoms with van der Waals surface area (Å²) in [6.45, 7) is 7.45. The first kappa shape index (κ1) is 14.2. The number of hydrogen-bond donors (Lipinski definition) is 1. The van der Waals surface area contributed by atoms with Crippen molar-refractivity contribution < 1.29 is 0 Å². The zero-order chi connectivity index (χ0) is 14.0. The number of nitrogens with one attached hydrogen (secondary N) is 1. The van der Waals surface area contributed by atoms with Gasteiger partial charge in [-0.05, 0) is 57.2 Å². The van der Waals surface area contributed by atoms with E-state index < -0.39 is 0 Å². The van der Waals surface area contributed by atoms with Crippen LogP contribution in [0.5, 0.6) is 0 Å². The van der Waals surface area contributed by atoms with Gasteiger partial charge in [-0.1, -0.05) is 11.6 Å². The Morgan fingerprint density at radius 2 is 2.20 bits per heavy atom. The van der Waals surface area contributed by atoms with Gasteiger partial charge in [-0.25, -0.2) is 9.97 Å². The smallest absolute Gasteiger partial charge is 0.144 e. The van der Waals surface area contributed by atoms with Gasteiger partial charge in [0.05, 0.1) is 6.54 Å². The zero-order valence-corrected chi connectivity index (χ0v) is 12.9. The Kier molecular flexibility index (Phi) is 4.24. The minimum Gasteiger partial charge on any atom is -0.316 e. The van der Waals surface area contributed by atoms with Gasteiger partial charge in [-0.2, -0.15) is 0 Å². The molecule has 0 saturated carbocycles. The molecule has 1 atom stereocenters. The third-order valence-electron chi connectivity index (χ3n) is 4.54. The fourth-order valence-electron chi connectivity index (χ4n) is 3.68. The highest BCUT2D eigenvalue weighted by atomic mass is 35.5. The van der Waals surface area contributed by atoms with Crippen LogP contribution >= 0.6 is 11.6 Å². The highest BCUT2D eigenvalue weighted by molar-refractivity contribution is 6.29. The second-order valence-corrected chi connectivity index (χ2v) is 6.73. The van der Waals surface area contributed by atoms with Crippen LogP contribution in [0.2, 0.25) is 5.15 Å². The van der Waals surface area contributed by atoms with Crippen molar-refractivity contribution in [1.82, 2.24) is 20.2 Å². The Bertz CT molecular complexity index is 445. The molecular weight excluding hydrogens is 272 g/mol. The summed E-state index contributed by atoms with van der Waals surface area (Å²) in [6, 6.07) is 1.81. The molecule has 5 heteroatoms. The van der Waals surface area contributed by atoms with E-state index in [1.807, 2.05) is 13.0 Å². The maximum Gasteiger partial charge on any atom is 0.144 e. The van der Waals surface area contributed by atoms with Gasteiger partial charge in [0, 0.05) is 18.8 Å². The molecule has 2 aliphatic rings. The highest BCUT2D eigenvalue weighted by Gasteiger charge is 2.36. The first-order chi connectivity index (χ1) is 9.65. The Morgan fingerprint density at radius 3 is 2.95 bits per heavy atom. The minimum atomic E-state index is 0.476. The molecule has 2 fully saturated rings. The van der Waals surface area contributed by atoms with E-state index in [4.69, 9.17) is 11.6 Å². The highest BCUT2D eigenvalue weighted by Crippen LogP contribution is 2.36. The molecule has 0 bridgehead atoms. The number of rotatable bonds is 2. The van der Waals surface area contributed by atoms with Crippen LogP contribution in [0.15, 0.2) is 6.07 Å². The van der Waals surface area contributed by atoms with Gasteiger partial charge in [0.15, 0.2) is 0 Å². The monoisotopic (exact) mass is 294 g/mol. The van der Waals surface area contributed by atoms with Gasteiger partial charge < -0.3 is 5.32 Å². The molecule has 0 aliphatic carbocycles. The van der Waals surface area contributed by atoms with Crippen molar-refractivity contribution in [3.63, 3.8) is 0 Å². The molecule has 1 aromatic rings. The normalized spacial score (nSPS) is 27.9. The molecule has 20 heavy (non-hydrogen) atoms. The Balaban J connectivity index is 1.67. The molecule has 3 rings (SSSR count). The molecule has 0 amide bonds. The van der Waals surface area contributed by atoms with Gasteiger partial charge in [0.2, 0.25) is 0 Å². The molecule has 1 spiro atoms. The van der Waals surface area contributed by atoms with Gasteiger partial charge in [-0.3, -0.25) is 4.90 Å². The number of nitrogens with zero attached hydrogens (tertiary/aromatic N) is 3. The molecule has 2 saturated heterocycles. The van der Waals surface area contributed by atoms with E-state index in [2.05, 4.69) is 20.2 Å². The van der Waals surface area contributed by atoms with E-state index in [-0.39, 0.29) is 0 Å². The SMILES string of the molecule is Cc1cc(Cl)nc(CN2CCCC3(CCCNC3)C2)n1. The number of piperidine rings is 2. The van der Waals surface area contributed by atoms with Crippen molar-refractivity contribution in [2.75, 3.05) is 26.2 Å². The van der Waals surface area contributed by atoms with E-state index in [0.717, 1.165) is 31.2 Å². The molecule has 4 nitrogen and oxygen atoms in total. The molecule has 1 unspecified atom stereocenters. The maximum absolute atomic E-state index is 6.03. The van der Waals surface area contributed by atoms with Crippen molar-refractivity contribution >= 4 is 11.6 Å². The van der Waals surface area contributed by atoms with Crippen LogP contribution in [0.1, 0.15) is 37.2 Å². The van der Waals surface area contributed by atoms with Crippen LogP contribution in [-0.4, -0.2) is 41.0 Å². The lowest BCUT2D eigenvalue weighted by Gasteiger charge is -2.45. The average Bonchev–Trinajstić information content (AvgIpc) is 2.38. The molecule has 3 heterocycles. The topological polar surface area (TPSA) is 41.1 Å². The minimum absolute atomic E-state index is 0.476. The number of aryl methyl sites for hydroxylation is 1. The first-order valence-electron chi connectivity index (χ1n) is 7.58. The average molecular weight is 295 g/mol. The fourth-order valence-corrected chi connectivity index (χ4v) is 3.94. The van der Waals surface area contributed by atoms with Crippen LogP contribution in [0.25, 0.3) is 0 Å². The second kappa shape index (κ2) is 5.96. The van der Waals surface area contributed by atoms with Crippen LogP contribution in [-0.2, 0) is 6.54 Å². The van der Waals surface area contributed by atoms with Gasteiger partial charge in [0.1, 0.15) is 11.0 Å².